The van der Waals surface area contributed by atoms with Crippen LogP contribution in [-0.4, -0.2) is 22.4 Å². The van der Waals surface area contributed by atoms with Crippen molar-refractivity contribution in [2.24, 2.45) is 0 Å². The standard InChI is InChI=1S/C10H14N2O2/c1-3-4-5-14-10-11-6-9(7-12-10)8(2)13/h6-7H,3-5H2,1-2H3. The number of hydrogen-bond donors (Lipinski definition) is 0. The van der Waals surface area contributed by atoms with Crippen LogP contribution in [0.5, 0.6) is 6.01 Å². The molecule has 76 valence electrons. The molecule has 1 rings (SSSR count). The highest BCUT2D eigenvalue weighted by molar-refractivity contribution is 5.93. The summed E-state index contributed by atoms with van der Waals surface area (Å²) in [6.45, 7) is 4.19. The highest BCUT2D eigenvalue weighted by atomic mass is 16.5. The zero-order valence-electron chi connectivity index (χ0n) is 8.49. The summed E-state index contributed by atoms with van der Waals surface area (Å²) in [7, 11) is 0. The Labute approximate surface area is 83.3 Å². The molecule has 0 aliphatic heterocycles. The first-order valence-corrected chi connectivity index (χ1v) is 4.69. The van der Waals surface area contributed by atoms with Crippen LogP contribution in [0.1, 0.15) is 37.0 Å². The Hall–Kier alpha value is -1.45. The van der Waals surface area contributed by atoms with Gasteiger partial charge in [-0.25, -0.2) is 9.97 Å². The van der Waals surface area contributed by atoms with Crippen molar-refractivity contribution in [1.29, 1.82) is 0 Å². The average molecular weight is 194 g/mol. The van der Waals surface area contributed by atoms with Crippen LogP contribution in [0.4, 0.5) is 0 Å². The minimum absolute atomic E-state index is 0.0369. The number of aromatic nitrogens is 2. The number of carbonyl (C=O) groups is 1. The van der Waals surface area contributed by atoms with E-state index in [0.29, 0.717) is 18.2 Å². The summed E-state index contributed by atoms with van der Waals surface area (Å²) in [5, 5.41) is 0. The van der Waals surface area contributed by atoms with Gasteiger partial charge in [0, 0.05) is 12.4 Å². The Morgan fingerprint density at radius 1 is 1.43 bits per heavy atom. The molecule has 1 heterocycles. The van der Waals surface area contributed by atoms with Crippen molar-refractivity contribution in [3.05, 3.63) is 18.0 Å². The fourth-order valence-corrected chi connectivity index (χ4v) is 0.880. The Morgan fingerprint density at radius 2 is 2.07 bits per heavy atom. The topological polar surface area (TPSA) is 52.1 Å². The molecule has 0 aliphatic rings. The van der Waals surface area contributed by atoms with Gasteiger partial charge >= 0.3 is 6.01 Å². The van der Waals surface area contributed by atoms with Crippen LogP contribution in [0.3, 0.4) is 0 Å². The van der Waals surface area contributed by atoms with Crippen molar-refractivity contribution in [2.45, 2.75) is 26.7 Å². The first-order chi connectivity index (χ1) is 6.74. The van der Waals surface area contributed by atoms with Gasteiger partial charge in [0.25, 0.3) is 0 Å². The van der Waals surface area contributed by atoms with Gasteiger partial charge in [0.05, 0.1) is 12.2 Å². The molecule has 4 heteroatoms. The normalized spacial score (nSPS) is 9.86. The molecular formula is C10H14N2O2. The molecule has 0 unspecified atom stereocenters. The van der Waals surface area contributed by atoms with Crippen LogP contribution in [0.15, 0.2) is 12.4 Å². The minimum Gasteiger partial charge on any atom is -0.463 e. The first-order valence-electron chi connectivity index (χ1n) is 4.69. The number of Topliss-reactive ketones (excluding diaryl/α,β-unsaturated/α-hetero) is 1. The van der Waals surface area contributed by atoms with Crippen LogP contribution in [0, 0.1) is 0 Å². The van der Waals surface area contributed by atoms with Gasteiger partial charge < -0.3 is 4.74 Å². The summed E-state index contributed by atoms with van der Waals surface area (Å²) in [6, 6.07) is 0.337. The molecule has 0 N–H and O–H groups in total. The number of ketones is 1. The summed E-state index contributed by atoms with van der Waals surface area (Å²) in [5.74, 6) is -0.0369. The third kappa shape index (κ3) is 3.12. The van der Waals surface area contributed by atoms with E-state index in [-0.39, 0.29) is 5.78 Å². The Kier molecular flexibility index (Phi) is 4.04. The quantitative estimate of drug-likeness (QED) is 0.530. The Morgan fingerprint density at radius 3 is 2.57 bits per heavy atom. The molecule has 0 saturated carbocycles. The molecule has 4 nitrogen and oxygen atoms in total. The van der Waals surface area contributed by atoms with E-state index in [2.05, 4.69) is 16.9 Å². The largest absolute Gasteiger partial charge is 0.463 e. The molecule has 0 radical (unpaired) electrons. The number of ether oxygens (including phenoxy) is 1. The maximum Gasteiger partial charge on any atom is 0.316 e. The molecule has 0 spiro atoms. The van der Waals surface area contributed by atoms with Crippen LogP contribution < -0.4 is 4.74 Å². The molecule has 0 bridgehead atoms. The van der Waals surface area contributed by atoms with Crippen LogP contribution in [0.25, 0.3) is 0 Å². The fourth-order valence-electron chi connectivity index (χ4n) is 0.880. The van der Waals surface area contributed by atoms with E-state index in [1.54, 1.807) is 0 Å². The lowest BCUT2D eigenvalue weighted by Gasteiger charge is -2.02. The van der Waals surface area contributed by atoms with E-state index in [4.69, 9.17) is 4.74 Å². The number of nitrogens with zero attached hydrogens (tertiary/aromatic N) is 2. The Bertz CT molecular complexity index is 295. The van der Waals surface area contributed by atoms with E-state index in [9.17, 15) is 4.79 Å². The zero-order valence-corrected chi connectivity index (χ0v) is 8.49. The molecule has 0 fully saturated rings. The molecule has 0 aromatic carbocycles. The van der Waals surface area contributed by atoms with E-state index in [1.165, 1.54) is 19.3 Å². The fraction of sp³-hybridized carbons (Fsp3) is 0.500. The maximum absolute atomic E-state index is 10.9. The van der Waals surface area contributed by atoms with Crippen molar-refractivity contribution in [1.82, 2.24) is 9.97 Å². The van der Waals surface area contributed by atoms with Gasteiger partial charge in [0.1, 0.15) is 0 Å². The average Bonchev–Trinajstić information content (AvgIpc) is 2.19. The second kappa shape index (κ2) is 5.32. The molecule has 0 saturated heterocycles. The highest BCUT2D eigenvalue weighted by Crippen LogP contribution is 2.03. The van der Waals surface area contributed by atoms with Gasteiger partial charge in [0.2, 0.25) is 0 Å². The molecule has 1 aromatic rings. The SMILES string of the molecule is CCCCOc1ncc(C(C)=O)cn1. The van der Waals surface area contributed by atoms with Gasteiger partial charge in [0.15, 0.2) is 5.78 Å². The lowest BCUT2D eigenvalue weighted by Crippen LogP contribution is -2.02. The van der Waals surface area contributed by atoms with Crippen LogP contribution in [-0.2, 0) is 0 Å². The summed E-state index contributed by atoms with van der Waals surface area (Å²) >= 11 is 0. The summed E-state index contributed by atoms with van der Waals surface area (Å²) in [4.78, 5) is 18.7. The monoisotopic (exact) mass is 194 g/mol. The highest BCUT2D eigenvalue weighted by Gasteiger charge is 2.01. The van der Waals surface area contributed by atoms with E-state index >= 15 is 0 Å². The van der Waals surface area contributed by atoms with Gasteiger partial charge in [-0.1, -0.05) is 13.3 Å². The van der Waals surface area contributed by atoms with E-state index in [0.717, 1.165) is 12.8 Å². The van der Waals surface area contributed by atoms with Gasteiger partial charge in [-0.15, -0.1) is 0 Å². The first kappa shape index (κ1) is 10.6. The molecule has 0 aliphatic carbocycles. The van der Waals surface area contributed by atoms with Gasteiger partial charge in [-0.3, -0.25) is 4.79 Å². The Balaban J connectivity index is 2.51. The lowest BCUT2D eigenvalue weighted by molar-refractivity contribution is 0.101. The smallest absolute Gasteiger partial charge is 0.316 e. The molecule has 0 amide bonds. The van der Waals surface area contributed by atoms with Crippen molar-refractivity contribution in [3.8, 4) is 6.01 Å². The van der Waals surface area contributed by atoms with Crippen molar-refractivity contribution < 1.29 is 9.53 Å². The van der Waals surface area contributed by atoms with Crippen LogP contribution in [0.2, 0.25) is 0 Å². The predicted molar refractivity (Wildman–Crippen MR) is 52.4 cm³/mol. The van der Waals surface area contributed by atoms with Crippen molar-refractivity contribution in [3.63, 3.8) is 0 Å². The van der Waals surface area contributed by atoms with Crippen molar-refractivity contribution >= 4 is 5.78 Å². The number of carbonyl (C=O) groups excluding carboxylic acids is 1. The third-order valence-corrected chi connectivity index (χ3v) is 1.76. The molecule has 0 atom stereocenters. The van der Waals surface area contributed by atoms with Crippen LogP contribution >= 0.6 is 0 Å². The predicted octanol–water partition coefficient (Wildman–Crippen LogP) is 1.86. The molecule has 14 heavy (non-hydrogen) atoms. The van der Waals surface area contributed by atoms with E-state index in [1.807, 2.05) is 0 Å². The van der Waals surface area contributed by atoms with Gasteiger partial charge in [-0.05, 0) is 13.3 Å². The van der Waals surface area contributed by atoms with E-state index < -0.39 is 0 Å². The maximum atomic E-state index is 10.9. The number of rotatable bonds is 5. The minimum atomic E-state index is -0.0369. The third-order valence-electron chi connectivity index (χ3n) is 1.76. The molecule has 1 aromatic heterocycles. The zero-order chi connectivity index (χ0) is 10.4. The summed E-state index contributed by atoms with van der Waals surface area (Å²) in [5.41, 5.74) is 0.507. The number of unbranched alkanes of at least 4 members (excludes halogenated alkanes) is 1. The molecular weight excluding hydrogens is 180 g/mol. The van der Waals surface area contributed by atoms with Crippen molar-refractivity contribution in [2.75, 3.05) is 6.61 Å². The second-order valence-corrected chi connectivity index (χ2v) is 3.01. The lowest BCUT2D eigenvalue weighted by atomic mass is 10.2. The summed E-state index contributed by atoms with van der Waals surface area (Å²) < 4.78 is 5.25. The summed E-state index contributed by atoms with van der Waals surface area (Å²) in [6.07, 6.45) is 5.02. The second-order valence-electron chi connectivity index (χ2n) is 3.01. The van der Waals surface area contributed by atoms with Gasteiger partial charge in [-0.2, -0.15) is 0 Å². The number of hydrogen-bond acceptors (Lipinski definition) is 4.